The van der Waals surface area contributed by atoms with Crippen LogP contribution in [0.1, 0.15) is 16.2 Å². The van der Waals surface area contributed by atoms with E-state index in [1.165, 1.54) is 18.4 Å². The lowest BCUT2D eigenvalue weighted by molar-refractivity contribution is 0.0390. The zero-order valence-corrected chi connectivity index (χ0v) is 18.9. The van der Waals surface area contributed by atoms with Gasteiger partial charge < -0.3 is 20.5 Å². The second-order valence-electron chi connectivity index (χ2n) is 7.05. The molecule has 1 fully saturated rings. The van der Waals surface area contributed by atoms with E-state index < -0.39 is 20.8 Å². The summed E-state index contributed by atoms with van der Waals surface area (Å²) in [7, 11) is -0.709. The number of nitrogens with two attached hydrogens (primary N) is 1. The summed E-state index contributed by atoms with van der Waals surface area (Å²) in [5, 5.41) is 2.89. The highest BCUT2D eigenvalue weighted by molar-refractivity contribution is 7.90. The minimum Gasteiger partial charge on any atom is -0.481 e. The molecule has 2 unspecified atom stereocenters. The number of pyridine rings is 1. The molecule has 9 nitrogen and oxygen atoms in total. The van der Waals surface area contributed by atoms with Gasteiger partial charge in [0.1, 0.15) is 16.6 Å². The molecule has 2 aliphatic heterocycles. The van der Waals surface area contributed by atoms with Crippen molar-refractivity contribution in [2.75, 3.05) is 32.7 Å². The minimum atomic E-state index is -3.68. The molecule has 3 N–H and O–H groups in total. The molecule has 2 aromatic heterocycles. The van der Waals surface area contributed by atoms with Crippen LogP contribution in [0.5, 0.6) is 5.88 Å². The van der Waals surface area contributed by atoms with Crippen LogP contribution < -0.4 is 15.8 Å². The van der Waals surface area contributed by atoms with Crippen LogP contribution in [-0.2, 0) is 26.8 Å². The Balaban J connectivity index is 1.67. The number of aliphatic imine (C=N–C) groups is 1. The van der Waals surface area contributed by atoms with Crippen LogP contribution >= 0.6 is 22.9 Å². The van der Waals surface area contributed by atoms with E-state index in [1.54, 1.807) is 13.2 Å². The maximum absolute atomic E-state index is 13.1. The van der Waals surface area contributed by atoms with Gasteiger partial charge >= 0.3 is 0 Å². The van der Waals surface area contributed by atoms with Gasteiger partial charge in [-0.15, -0.1) is 11.3 Å². The number of ether oxygens (including phenoxy) is 2. The van der Waals surface area contributed by atoms with Crippen molar-refractivity contribution < 1.29 is 17.9 Å². The average Bonchev–Trinajstić information content (AvgIpc) is 3.12. The van der Waals surface area contributed by atoms with E-state index in [0.717, 1.165) is 9.18 Å². The molecule has 2 aliphatic rings. The first-order valence-corrected chi connectivity index (χ1v) is 11.9. The van der Waals surface area contributed by atoms with Gasteiger partial charge in [-0.3, -0.25) is 0 Å². The standard InChI is InChI=1S/C18H22ClN5O4S2/c1-24-17(20)23-18(10-28-7-6-13(18)30(24,25)26)16-12(19)8-11(29-16)9-21-14-4-3-5-15(22-14)27-2/h3-5,8,13H,6-7,9-10H2,1-2H3,(H2,20,23)(H,21,22). The lowest BCUT2D eigenvalue weighted by atomic mass is 9.90. The second kappa shape index (κ2) is 7.88. The summed E-state index contributed by atoms with van der Waals surface area (Å²) in [6.45, 7) is 0.905. The van der Waals surface area contributed by atoms with Crippen LogP contribution in [0, 0.1) is 0 Å². The molecular weight excluding hydrogens is 450 g/mol. The van der Waals surface area contributed by atoms with Crippen LogP contribution in [0.15, 0.2) is 29.3 Å². The van der Waals surface area contributed by atoms with E-state index in [-0.39, 0.29) is 12.6 Å². The first-order chi connectivity index (χ1) is 14.3. The fourth-order valence-corrected chi connectivity index (χ4v) is 7.23. The normalized spacial score (nSPS) is 25.4. The summed E-state index contributed by atoms with van der Waals surface area (Å²) < 4.78 is 38.0. The van der Waals surface area contributed by atoms with E-state index in [2.05, 4.69) is 15.3 Å². The van der Waals surface area contributed by atoms with E-state index >= 15 is 0 Å². The summed E-state index contributed by atoms with van der Waals surface area (Å²) >= 11 is 7.97. The number of methoxy groups -OCH3 is 1. The van der Waals surface area contributed by atoms with Crippen molar-refractivity contribution >= 4 is 44.7 Å². The largest absolute Gasteiger partial charge is 0.481 e. The van der Waals surface area contributed by atoms with Crippen LogP contribution in [-0.4, -0.2) is 56.3 Å². The van der Waals surface area contributed by atoms with Crippen LogP contribution in [0.2, 0.25) is 5.02 Å². The summed E-state index contributed by atoms with van der Waals surface area (Å²) in [4.78, 5) is 10.5. The molecule has 4 heterocycles. The predicted molar refractivity (Wildman–Crippen MR) is 117 cm³/mol. The Kier molecular flexibility index (Phi) is 5.56. The number of fused-ring (bicyclic) bond motifs is 1. The number of nitrogens with zero attached hydrogens (tertiary/aromatic N) is 3. The summed E-state index contributed by atoms with van der Waals surface area (Å²) in [6, 6.07) is 7.24. The molecule has 0 bridgehead atoms. The Morgan fingerprint density at radius 1 is 1.50 bits per heavy atom. The highest BCUT2D eigenvalue weighted by atomic mass is 35.5. The first-order valence-electron chi connectivity index (χ1n) is 9.22. The van der Waals surface area contributed by atoms with Gasteiger partial charge in [-0.05, 0) is 18.6 Å². The smallest absolute Gasteiger partial charge is 0.243 e. The Morgan fingerprint density at radius 3 is 3.07 bits per heavy atom. The van der Waals surface area contributed by atoms with Gasteiger partial charge in [0.15, 0.2) is 0 Å². The molecule has 0 aliphatic carbocycles. The van der Waals surface area contributed by atoms with Gasteiger partial charge in [-0.1, -0.05) is 17.7 Å². The van der Waals surface area contributed by atoms with E-state index in [0.29, 0.717) is 41.2 Å². The molecule has 30 heavy (non-hydrogen) atoms. The topological polar surface area (TPSA) is 119 Å². The van der Waals surface area contributed by atoms with E-state index in [9.17, 15) is 8.42 Å². The summed E-state index contributed by atoms with van der Waals surface area (Å²) in [5.41, 5.74) is 4.82. The molecule has 162 valence electrons. The fourth-order valence-electron chi connectivity index (χ4n) is 3.71. The number of halogens is 1. The number of aromatic nitrogens is 1. The van der Waals surface area contributed by atoms with Gasteiger partial charge in [0.05, 0.1) is 30.2 Å². The third kappa shape index (κ3) is 3.49. The lowest BCUT2D eigenvalue weighted by Crippen LogP contribution is -2.60. The number of rotatable bonds is 5. The zero-order valence-electron chi connectivity index (χ0n) is 16.5. The van der Waals surface area contributed by atoms with Crippen molar-refractivity contribution in [3.63, 3.8) is 0 Å². The molecule has 1 saturated heterocycles. The minimum absolute atomic E-state index is 0.0681. The predicted octanol–water partition coefficient (Wildman–Crippen LogP) is 1.99. The Morgan fingerprint density at radius 2 is 2.30 bits per heavy atom. The number of sulfonamides is 1. The molecule has 4 rings (SSSR count). The molecule has 12 heteroatoms. The highest BCUT2D eigenvalue weighted by Crippen LogP contribution is 2.48. The van der Waals surface area contributed by atoms with Crippen molar-refractivity contribution in [1.29, 1.82) is 0 Å². The lowest BCUT2D eigenvalue weighted by Gasteiger charge is -2.45. The molecule has 0 saturated carbocycles. The molecular formula is C18H22ClN5O4S2. The zero-order chi connectivity index (χ0) is 21.5. The number of anilines is 1. The second-order valence-corrected chi connectivity index (χ2v) is 10.7. The van der Waals surface area contributed by atoms with Crippen molar-refractivity contribution in [3.05, 3.63) is 39.0 Å². The van der Waals surface area contributed by atoms with Gasteiger partial charge in [-0.25, -0.2) is 17.7 Å². The fraction of sp³-hybridized carbons (Fsp3) is 0.444. The number of hydrogen-bond acceptors (Lipinski definition) is 9. The van der Waals surface area contributed by atoms with Gasteiger partial charge in [0.2, 0.25) is 21.9 Å². The average molecular weight is 472 g/mol. The summed E-state index contributed by atoms with van der Waals surface area (Å²) in [6.07, 6.45) is 0.318. The number of hydrogen-bond donors (Lipinski definition) is 2. The maximum Gasteiger partial charge on any atom is 0.243 e. The monoisotopic (exact) mass is 471 g/mol. The SMILES string of the molecule is COc1cccc(NCc2cc(Cl)c(C34COCCC3S(=O)(=O)N(C)C(N)=N4)s2)n1. The van der Waals surface area contributed by atoms with Crippen molar-refractivity contribution in [2.45, 2.75) is 23.8 Å². The Hall–Kier alpha value is -2.08. The third-order valence-electron chi connectivity index (χ3n) is 5.26. The van der Waals surface area contributed by atoms with E-state index in [1.807, 2.05) is 18.2 Å². The molecule has 0 amide bonds. The molecule has 2 aromatic rings. The molecule has 0 spiro atoms. The first kappa shape index (κ1) is 21.2. The van der Waals surface area contributed by atoms with Crippen LogP contribution in [0.3, 0.4) is 0 Å². The van der Waals surface area contributed by atoms with Crippen molar-refractivity contribution in [3.8, 4) is 5.88 Å². The Bertz CT molecular complexity index is 1090. The van der Waals surface area contributed by atoms with Crippen molar-refractivity contribution in [1.82, 2.24) is 9.29 Å². The third-order valence-corrected chi connectivity index (χ3v) is 9.27. The number of thiophene rings is 1. The number of nitrogens with one attached hydrogen (secondary N) is 1. The van der Waals surface area contributed by atoms with Gasteiger partial charge in [0.25, 0.3) is 0 Å². The molecule has 2 atom stereocenters. The van der Waals surface area contributed by atoms with Gasteiger partial charge in [0, 0.05) is 24.6 Å². The summed E-state index contributed by atoms with van der Waals surface area (Å²) in [5.74, 6) is 1.09. The maximum atomic E-state index is 13.1. The number of guanidine groups is 1. The molecule has 0 aromatic carbocycles. The quantitative estimate of drug-likeness (QED) is 0.684. The van der Waals surface area contributed by atoms with Crippen LogP contribution in [0.4, 0.5) is 5.82 Å². The Labute approximate surface area is 183 Å². The van der Waals surface area contributed by atoms with Gasteiger partial charge in [-0.2, -0.15) is 4.98 Å². The van der Waals surface area contributed by atoms with Crippen molar-refractivity contribution in [2.24, 2.45) is 10.7 Å². The molecule has 0 radical (unpaired) electrons. The van der Waals surface area contributed by atoms with E-state index in [4.69, 9.17) is 26.8 Å². The van der Waals surface area contributed by atoms with Crippen LogP contribution in [0.25, 0.3) is 0 Å². The highest BCUT2D eigenvalue weighted by Gasteiger charge is 2.56.